The number of anilines is 1. The lowest BCUT2D eigenvalue weighted by molar-refractivity contribution is -0.141. The predicted molar refractivity (Wildman–Crippen MR) is 269 cm³/mol. The van der Waals surface area contributed by atoms with Gasteiger partial charge in [0.1, 0.15) is 36.6 Å². The molecule has 7 aliphatic rings. The van der Waals surface area contributed by atoms with E-state index < -0.39 is 18.2 Å². The molecule has 11 heteroatoms. The van der Waals surface area contributed by atoms with Gasteiger partial charge in [-0.15, -0.1) is 0 Å². The number of fused-ring (bicyclic) bond motifs is 8. The van der Waals surface area contributed by atoms with E-state index in [1.54, 1.807) is 19.2 Å². The third kappa shape index (κ3) is 8.29. The number of carbonyl (C=O) groups is 1. The fourth-order valence-corrected chi connectivity index (χ4v) is 13.2. The van der Waals surface area contributed by atoms with Crippen molar-refractivity contribution in [1.82, 2.24) is 10.6 Å². The summed E-state index contributed by atoms with van der Waals surface area (Å²) in [6.07, 6.45) is 17.6. The number of aromatic hydroxyl groups is 2. The zero-order valence-electron chi connectivity index (χ0n) is 40.0. The Morgan fingerprint density at radius 1 is 1.01 bits per heavy atom. The van der Waals surface area contributed by atoms with Crippen LogP contribution in [-0.2, 0) is 34.2 Å². The first-order valence-electron chi connectivity index (χ1n) is 25.2. The Hall–Kier alpha value is -6.35. The van der Waals surface area contributed by atoms with Crippen molar-refractivity contribution in [3.63, 3.8) is 0 Å². The number of hydrogen-bond acceptors (Lipinski definition) is 11. The number of carbonyl (C=O) groups excluding carboxylic acids is 1. The number of ether oxygens (including phenoxy) is 4. The van der Waals surface area contributed by atoms with Crippen LogP contribution in [0.1, 0.15) is 116 Å². The molecule has 0 saturated heterocycles. The summed E-state index contributed by atoms with van der Waals surface area (Å²) >= 11 is 0. The van der Waals surface area contributed by atoms with Crippen molar-refractivity contribution >= 4 is 17.7 Å². The van der Waals surface area contributed by atoms with Gasteiger partial charge in [-0.1, -0.05) is 67.3 Å². The topological polar surface area (TPSA) is 157 Å². The van der Waals surface area contributed by atoms with Crippen LogP contribution in [0.2, 0.25) is 0 Å². The van der Waals surface area contributed by atoms with Gasteiger partial charge in [0.05, 0.1) is 30.9 Å². The number of nitrogens with one attached hydrogen (secondary N) is 3. The second-order valence-corrected chi connectivity index (χ2v) is 20.3. The Morgan fingerprint density at radius 2 is 1.87 bits per heavy atom. The number of benzene rings is 4. The molecule has 7 N–H and O–H groups in total. The minimum absolute atomic E-state index is 0.0424. The first-order valence-corrected chi connectivity index (χ1v) is 25.2. The SMILES string of the molecule is CCNc1ccccc1CC[C@H]1C2=C(C#CCc3cc(O)c4c(c3[C@H]3Oc5c(ccc6c5[C@]5(CC[C@@H]1C5)Cc1cc(O)cc(OC)c1-6)[C@@H]3COC(C)=O)C=C[C@H](NC1CCCC1)CO4)NC(N)C=C2. The van der Waals surface area contributed by atoms with E-state index in [1.165, 1.54) is 25.3 Å². The third-order valence-electron chi connectivity index (χ3n) is 16.1. The maximum absolute atomic E-state index is 12.8. The van der Waals surface area contributed by atoms with Crippen molar-refractivity contribution in [3.8, 4) is 51.7 Å². The maximum atomic E-state index is 12.8. The summed E-state index contributed by atoms with van der Waals surface area (Å²) in [5.41, 5.74) is 18.2. The zero-order chi connectivity index (χ0) is 47.4. The van der Waals surface area contributed by atoms with E-state index in [2.05, 4.69) is 89.3 Å². The molecular weight excluding hydrogens is 865 g/mol. The number of nitrogens with two attached hydrogens (primary N) is 1. The quantitative estimate of drug-likeness (QED) is 0.0666. The van der Waals surface area contributed by atoms with Crippen LogP contribution < -0.4 is 35.9 Å². The molecule has 358 valence electrons. The molecule has 4 aromatic carbocycles. The number of dihydropyridines is 1. The van der Waals surface area contributed by atoms with Crippen molar-refractivity contribution in [2.24, 2.45) is 17.6 Å². The predicted octanol–water partition coefficient (Wildman–Crippen LogP) is 9.39. The Balaban J connectivity index is 1.13. The van der Waals surface area contributed by atoms with Crippen LogP contribution >= 0.6 is 0 Å². The summed E-state index contributed by atoms with van der Waals surface area (Å²) < 4.78 is 26.3. The van der Waals surface area contributed by atoms with Crippen molar-refractivity contribution in [2.75, 3.05) is 32.2 Å². The average molecular weight is 929 g/mol. The van der Waals surface area contributed by atoms with Gasteiger partial charge in [0.2, 0.25) is 0 Å². The summed E-state index contributed by atoms with van der Waals surface area (Å²) in [5, 5.41) is 34.1. The molecule has 1 unspecified atom stereocenters. The second kappa shape index (κ2) is 18.5. The number of esters is 1. The summed E-state index contributed by atoms with van der Waals surface area (Å²) in [5.74, 6) is 8.81. The highest BCUT2D eigenvalue weighted by molar-refractivity contribution is 5.84. The largest absolute Gasteiger partial charge is 0.508 e. The van der Waals surface area contributed by atoms with Gasteiger partial charge in [-0.25, -0.2) is 0 Å². The molecule has 7 atom stereocenters. The highest BCUT2D eigenvalue weighted by Gasteiger charge is 2.52. The number of rotatable bonds is 10. The molecule has 1 spiro atoms. The highest BCUT2D eigenvalue weighted by Crippen LogP contribution is 2.64. The molecule has 4 aromatic rings. The van der Waals surface area contributed by atoms with Crippen LogP contribution in [0.3, 0.4) is 0 Å². The highest BCUT2D eigenvalue weighted by atomic mass is 16.5. The van der Waals surface area contributed by atoms with Gasteiger partial charge in [-0.3, -0.25) is 4.79 Å². The Kier molecular flexibility index (Phi) is 12.1. The zero-order valence-corrected chi connectivity index (χ0v) is 40.0. The van der Waals surface area contributed by atoms with E-state index in [4.69, 9.17) is 24.7 Å². The minimum atomic E-state index is -0.629. The first-order chi connectivity index (χ1) is 33.6. The molecule has 11 rings (SSSR count). The van der Waals surface area contributed by atoms with Gasteiger partial charge < -0.3 is 50.8 Å². The number of para-hydroxylation sites is 1. The van der Waals surface area contributed by atoms with E-state index in [9.17, 15) is 15.0 Å². The molecule has 0 aromatic heterocycles. The Bertz CT molecular complexity index is 2850. The number of hydrogen-bond donors (Lipinski definition) is 6. The summed E-state index contributed by atoms with van der Waals surface area (Å²) in [6.45, 7) is 4.87. The second-order valence-electron chi connectivity index (χ2n) is 20.3. The van der Waals surface area contributed by atoms with Crippen LogP contribution in [0.25, 0.3) is 17.2 Å². The monoisotopic (exact) mass is 928 g/mol. The van der Waals surface area contributed by atoms with Crippen LogP contribution in [0.15, 0.2) is 84.1 Å². The molecule has 2 fully saturated rings. The number of phenols is 2. The van der Waals surface area contributed by atoms with Crippen molar-refractivity contribution in [3.05, 3.63) is 123 Å². The molecule has 2 saturated carbocycles. The standard InChI is InChI=1S/C58H64N4O7/c1-4-60-47-14-8-5-10-34(47)16-18-41-36-24-25-58(29-36)30-37-26-40(64)28-50(66-3)52(37)44-21-20-43-46(32-67-33(2)63)56(69-57(43)54(44)58)53-35(11-9-15-48-42(41)22-23-51(59)62-48)27-49(65)55-45(53)19-17-39(31-68-55)61-38-12-6-7-13-38/h5,8,10,14,17,19-23,26-28,36,38-39,41,46,51,56,60-62,64-65H,4,6-7,11-13,16,18,24-25,29-32,59H2,1-3H3/t36-,39+,41-,46+,51?,56+,58+/m1/s1. The van der Waals surface area contributed by atoms with E-state index >= 15 is 0 Å². The van der Waals surface area contributed by atoms with E-state index in [0.29, 0.717) is 37.0 Å². The fraction of sp³-hybridized carbons (Fsp3) is 0.431. The summed E-state index contributed by atoms with van der Waals surface area (Å²) in [4.78, 5) is 12.8. The van der Waals surface area contributed by atoms with Gasteiger partial charge in [0.25, 0.3) is 0 Å². The molecule has 3 aliphatic carbocycles. The van der Waals surface area contributed by atoms with E-state index in [0.717, 1.165) is 119 Å². The van der Waals surface area contributed by atoms with Gasteiger partial charge >= 0.3 is 5.97 Å². The average Bonchev–Trinajstić information content (AvgIpc) is 4.06. The lowest BCUT2D eigenvalue weighted by Crippen LogP contribution is -2.38. The number of phenolic OH excluding ortho intramolecular Hbond substituents is 2. The Labute approximate surface area is 405 Å². The number of aryl methyl sites for hydroxylation is 1. The molecule has 0 amide bonds. The molecule has 4 bridgehead atoms. The van der Waals surface area contributed by atoms with Gasteiger partial charge in [0, 0.05) is 70.9 Å². The first kappa shape index (κ1) is 45.1. The van der Waals surface area contributed by atoms with Crippen molar-refractivity contribution < 1.29 is 34.0 Å². The van der Waals surface area contributed by atoms with E-state index in [-0.39, 0.29) is 47.4 Å². The molecule has 4 aliphatic heterocycles. The van der Waals surface area contributed by atoms with Crippen molar-refractivity contribution in [1.29, 1.82) is 0 Å². The normalized spacial score (nSPS) is 26.0. The molecule has 11 nitrogen and oxygen atoms in total. The minimum Gasteiger partial charge on any atom is -0.508 e. The molecule has 0 radical (unpaired) electrons. The fourth-order valence-electron chi connectivity index (χ4n) is 13.2. The van der Waals surface area contributed by atoms with E-state index in [1.807, 2.05) is 12.1 Å². The molecule has 69 heavy (non-hydrogen) atoms. The molecular formula is C58H64N4O7. The van der Waals surface area contributed by atoms with Crippen LogP contribution in [-0.4, -0.2) is 61.3 Å². The lowest BCUT2D eigenvalue weighted by Gasteiger charge is -2.40. The van der Waals surface area contributed by atoms with Crippen LogP contribution in [0, 0.1) is 23.7 Å². The van der Waals surface area contributed by atoms with Gasteiger partial charge in [-0.2, -0.15) is 0 Å². The lowest BCUT2D eigenvalue weighted by atomic mass is 9.64. The maximum Gasteiger partial charge on any atom is 0.302 e. The summed E-state index contributed by atoms with van der Waals surface area (Å²) in [6, 6.07) is 18.7. The van der Waals surface area contributed by atoms with Crippen LogP contribution in [0.5, 0.6) is 28.7 Å². The Morgan fingerprint density at radius 3 is 2.70 bits per heavy atom. The number of methoxy groups -OCH3 is 1. The third-order valence-corrected chi connectivity index (χ3v) is 16.1. The molecule has 4 heterocycles. The van der Waals surface area contributed by atoms with Gasteiger partial charge in [0.15, 0.2) is 11.5 Å². The smallest absolute Gasteiger partial charge is 0.302 e. The van der Waals surface area contributed by atoms with Gasteiger partial charge in [-0.05, 0) is 128 Å². The summed E-state index contributed by atoms with van der Waals surface area (Å²) in [7, 11) is 1.66. The van der Waals surface area contributed by atoms with Crippen LogP contribution in [0.4, 0.5) is 5.69 Å². The number of allylic oxidation sites excluding steroid dienone is 3. The van der Waals surface area contributed by atoms with Crippen molar-refractivity contribution in [2.45, 2.75) is 120 Å².